The predicted molar refractivity (Wildman–Crippen MR) is 69.7 cm³/mol. The van der Waals surface area contributed by atoms with Crippen LogP contribution in [0.5, 0.6) is 0 Å². The van der Waals surface area contributed by atoms with Gasteiger partial charge < -0.3 is 5.73 Å². The Morgan fingerprint density at radius 3 is 2.62 bits per heavy atom. The summed E-state index contributed by atoms with van der Waals surface area (Å²) in [6, 6.07) is 0. The van der Waals surface area contributed by atoms with Crippen LogP contribution in [-0.2, 0) is 11.0 Å². The molecule has 0 aliphatic heterocycles. The van der Waals surface area contributed by atoms with Crippen molar-refractivity contribution >= 4 is 11.3 Å². The van der Waals surface area contributed by atoms with E-state index in [1.807, 2.05) is 0 Å². The Kier molecular flexibility index (Phi) is 2.87. The van der Waals surface area contributed by atoms with Crippen molar-refractivity contribution < 1.29 is 0 Å². The Labute approximate surface area is 102 Å². The number of thiazole rings is 1. The smallest absolute Gasteiger partial charge is 0.113 e. The number of nitrogens with zero attached hydrogens (tertiary/aromatic N) is 1. The molecule has 1 aliphatic rings. The first-order valence-electron chi connectivity index (χ1n) is 6.09. The normalized spacial score (nSPS) is 30.9. The average molecular weight is 238 g/mol. The Hall–Kier alpha value is -0.410. The van der Waals surface area contributed by atoms with Gasteiger partial charge in [-0.2, -0.15) is 0 Å². The zero-order valence-corrected chi connectivity index (χ0v) is 11.5. The molecule has 2 nitrogen and oxygen atoms in total. The van der Waals surface area contributed by atoms with Gasteiger partial charge in [-0.15, -0.1) is 11.3 Å². The van der Waals surface area contributed by atoms with Gasteiger partial charge in [0.05, 0.1) is 11.2 Å². The molecule has 1 aromatic heterocycles. The van der Waals surface area contributed by atoms with Crippen molar-refractivity contribution in [2.24, 2.45) is 11.7 Å². The Bertz CT molecular complexity index is 378. The molecule has 0 bridgehead atoms. The summed E-state index contributed by atoms with van der Waals surface area (Å²) in [5.41, 5.74) is 7.68. The summed E-state index contributed by atoms with van der Waals surface area (Å²) in [7, 11) is 0. The third-order valence-corrected chi connectivity index (χ3v) is 4.81. The summed E-state index contributed by atoms with van der Waals surface area (Å²) in [5, 5.41) is 3.32. The lowest BCUT2D eigenvalue weighted by Gasteiger charge is -2.26. The Morgan fingerprint density at radius 2 is 2.19 bits per heavy atom. The third-order valence-electron chi connectivity index (χ3n) is 3.78. The molecule has 0 radical (unpaired) electrons. The van der Waals surface area contributed by atoms with E-state index in [2.05, 4.69) is 33.1 Å². The van der Waals surface area contributed by atoms with Crippen LogP contribution >= 0.6 is 11.3 Å². The molecule has 2 atom stereocenters. The van der Waals surface area contributed by atoms with E-state index in [1.165, 1.54) is 18.5 Å². The molecule has 3 heteroatoms. The van der Waals surface area contributed by atoms with Crippen molar-refractivity contribution in [3.8, 4) is 0 Å². The molecule has 90 valence electrons. The zero-order chi connectivity index (χ0) is 12.0. The van der Waals surface area contributed by atoms with E-state index in [0.717, 1.165) is 11.4 Å². The summed E-state index contributed by atoms with van der Waals surface area (Å²) in [4.78, 5) is 4.78. The fourth-order valence-electron chi connectivity index (χ4n) is 2.35. The second-order valence-corrected chi connectivity index (χ2v) is 6.98. The van der Waals surface area contributed by atoms with Crippen LogP contribution in [0.25, 0.3) is 0 Å². The first-order valence-corrected chi connectivity index (χ1v) is 6.97. The highest BCUT2D eigenvalue weighted by molar-refractivity contribution is 7.09. The number of aromatic nitrogens is 1. The summed E-state index contributed by atoms with van der Waals surface area (Å²) in [5.74, 6) is 0.562. The lowest BCUT2D eigenvalue weighted by molar-refractivity contribution is 0.346. The summed E-state index contributed by atoms with van der Waals surface area (Å²) >= 11 is 1.74. The maximum absolute atomic E-state index is 6.53. The molecule has 1 fully saturated rings. The van der Waals surface area contributed by atoms with Gasteiger partial charge in [0.2, 0.25) is 0 Å². The SMILES string of the molecule is CC1CCCC1(N)c1nc(C(C)(C)C)cs1. The van der Waals surface area contributed by atoms with Crippen molar-refractivity contribution in [3.05, 3.63) is 16.1 Å². The minimum atomic E-state index is -0.159. The van der Waals surface area contributed by atoms with E-state index in [1.54, 1.807) is 11.3 Å². The Morgan fingerprint density at radius 1 is 1.50 bits per heavy atom. The number of hydrogen-bond acceptors (Lipinski definition) is 3. The molecule has 0 aromatic carbocycles. The van der Waals surface area contributed by atoms with Crippen LogP contribution in [0.1, 0.15) is 57.7 Å². The van der Waals surface area contributed by atoms with Crippen molar-refractivity contribution in [2.75, 3.05) is 0 Å². The topological polar surface area (TPSA) is 38.9 Å². The van der Waals surface area contributed by atoms with Crippen molar-refractivity contribution in [3.63, 3.8) is 0 Å². The van der Waals surface area contributed by atoms with Gasteiger partial charge in [-0.3, -0.25) is 0 Å². The monoisotopic (exact) mass is 238 g/mol. The molecule has 0 amide bonds. The molecule has 1 saturated carbocycles. The van der Waals surface area contributed by atoms with Gasteiger partial charge in [-0.1, -0.05) is 34.1 Å². The first kappa shape index (κ1) is 12.1. The number of rotatable bonds is 1. The molecule has 0 spiro atoms. The third kappa shape index (κ3) is 1.91. The number of hydrogen-bond donors (Lipinski definition) is 1. The molecule has 1 aliphatic carbocycles. The number of nitrogens with two attached hydrogens (primary N) is 1. The predicted octanol–water partition coefficient (Wildman–Crippen LogP) is 3.41. The molecular formula is C13H22N2S. The average Bonchev–Trinajstić information content (AvgIpc) is 2.74. The van der Waals surface area contributed by atoms with Crippen LogP contribution < -0.4 is 5.73 Å². The molecular weight excluding hydrogens is 216 g/mol. The highest BCUT2D eigenvalue weighted by Crippen LogP contribution is 2.43. The van der Waals surface area contributed by atoms with Gasteiger partial charge in [0, 0.05) is 10.8 Å². The molecule has 2 unspecified atom stereocenters. The second-order valence-electron chi connectivity index (χ2n) is 6.12. The van der Waals surface area contributed by atoms with Crippen molar-refractivity contribution in [1.82, 2.24) is 4.98 Å². The minimum absolute atomic E-state index is 0.132. The Balaban J connectivity index is 2.32. The van der Waals surface area contributed by atoms with Gasteiger partial charge in [-0.25, -0.2) is 4.98 Å². The molecule has 0 saturated heterocycles. The van der Waals surface area contributed by atoms with Gasteiger partial charge in [0.1, 0.15) is 5.01 Å². The van der Waals surface area contributed by atoms with E-state index in [-0.39, 0.29) is 11.0 Å². The summed E-state index contributed by atoms with van der Waals surface area (Å²) in [6.07, 6.45) is 3.56. The quantitative estimate of drug-likeness (QED) is 0.814. The van der Waals surface area contributed by atoms with Crippen LogP contribution in [0.4, 0.5) is 0 Å². The lowest BCUT2D eigenvalue weighted by Crippen LogP contribution is -2.39. The van der Waals surface area contributed by atoms with Gasteiger partial charge in [-0.05, 0) is 18.8 Å². The van der Waals surface area contributed by atoms with Crippen LogP contribution in [0, 0.1) is 5.92 Å². The van der Waals surface area contributed by atoms with Crippen LogP contribution in [0.2, 0.25) is 0 Å². The van der Waals surface area contributed by atoms with Crippen LogP contribution in [0.3, 0.4) is 0 Å². The highest BCUT2D eigenvalue weighted by atomic mass is 32.1. The van der Waals surface area contributed by atoms with Gasteiger partial charge >= 0.3 is 0 Å². The standard InChI is InChI=1S/C13H22N2S/c1-9-6-5-7-13(9,14)11-15-10(8-16-11)12(2,3)4/h8-9H,5-7,14H2,1-4H3. The fourth-order valence-corrected chi connectivity index (χ4v) is 3.66. The first-order chi connectivity index (χ1) is 7.34. The van der Waals surface area contributed by atoms with E-state index < -0.39 is 0 Å². The summed E-state index contributed by atoms with van der Waals surface area (Å²) < 4.78 is 0. The van der Waals surface area contributed by atoms with E-state index >= 15 is 0 Å². The van der Waals surface area contributed by atoms with Crippen molar-refractivity contribution in [2.45, 2.75) is 57.9 Å². The molecule has 16 heavy (non-hydrogen) atoms. The molecule has 2 rings (SSSR count). The molecule has 2 N–H and O–H groups in total. The largest absolute Gasteiger partial charge is 0.319 e. The second kappa shape index (κ2) is 3.81. The summed E-state index contributed by atoms with van der Waals surface area (Å²) in [6.45, 7) is 8.86. The highest BCUT2D eigenvalue weighted by Gasteiger charge is 2.40. The minimum Gasteiger partial charge on any atom is -0.319 e. The molecule has 1 aromatic rings. The zero-order valence-electron chi connectivity index (χ0n) is 10.7. The van der Waals surface area contributed by atoms with Gasteiger partial charge in [0.15, 0.2) is 0 Å². The maximum atomic E-state index is 6.53. The van der Waals surface area contributed by atoms with E-state index in [0.29, 0.717) is 5.92 Å². The van der Waals surface area contributed by atoms with Gasteiger partial charge in [0.25, 0.3) is 0 Å². The molecule has 1 heterocycles. The van der Waals surface area contributed by atoms with E-state index in [4.69, 9.17) is 10.7 Å². The van der Waals surface area contributed by atoms with Crippen molar-refractivity contribution in [1.29, 1.82) is 0 Å². The van der Waals surface area contributed by atoms with Crippen LogP contribution in [0.15, 0.2) is 5.38 Å². The lowest BCUT2D eigenvalue weighted by atomic mass is 9.89. The fraction of sp³-hybridized carbons (Fsp3) is 0.769. The maximum Gasteiger partial charge on any atom is 0.113 e. The van der Waals surface area contributed by atoms with E-state index in [9.17, 15) is 0 Å². The van der Waals surface area contributed by atoms with Crippen LogP contribution in [-0.4, -0.2) is 4.98 Å².